The molecule has 5 nitrogen and oxygen atoms in total. The summed E-state index contributed by atoms with van der Waals surface area (Å²) in [5.74, 6) is 1.74. The van der Waals surface area contributed by atoms with Crippen molar-refractivity contribution in [1.29, 1.82) is 0 Å². The van der Waals surface area contributed by atoms with Crippen molar-refractivity contribution in [3.05, 3.63) is 237 Å². The highest BCUT2D eigenvalue weighted by atomic mass is 32.1. The van der Waals surface area contributed by atoms with Gasteiger partial charge in [-0.1, -0.05) is 170 Å². The van der Waals surface area contributed by atoms with E-state index in [4.69, 9.17) is 19.9 Å². The molecule has 9 aromatic carbocycles. The Balaban J connectivity index is 1.08. The van der Waals surface area contributed by atoms with Crippen LogP contribution >= 0.6 is 11.3 Å². The predicted molar refractivity (Wildman–Crippen MR) is 283 cm³/mol. The number of nitrogens with zero attached hydrogens (tertiary/aromatic N) is 5. The fourth-order valence-electron chi connectivity index (χ4n) is 9.65. The van der Waals surface area contributed by atoms with Gasteiger partial charge in [0.2, 0.25) is 0 Å². The zero-order chi connectivity index (χ0) is 45.0. The van der Waals surface area contributed by atoms with Crippen LogP contribution in [0.25, 0.3) is 126 Å². The zero-order valence-electron chi connectivity index (χ0n) is 36.7. The molecule has 0 aliphatic carbocycles. The highest BCUT2D eigenvalue weighted by molar-refractivity contribution is 7.26. The SMILES string of the molecule is c1ccc(-c2cc(-c3ccccc3)cc(-c3cnc(-c4ccc5sc6ccc7c8ccccc8n(-c8ccccc8)c7c6c5c4)c(-c4nc(-c5ccccc5)nc(-c5ccccc5)n4)c3)c2)cc1. The van der Waals surface area contributed by atoms with Crippen molar-refractivity contribution in [1.82, 2.24) is 24.5 Å². The average Bonchev–Trinajstić information content (AvgIpc) is 3.97. The molecule has 0 aliphatic rings. The Morgan fingerprint density at radius 2 is 0.853 bits per heavy atom. The van der Waals surface area contributed by atoms with Crippen LogP contribution in [-0.4, -0.2) is 24.5 Å². The lowest BCUT2D eigenvalue weighted by Crippen LogP contribution is -2.02. The molecule has 4 heterocycles. The number of aromatic nitrogens is 5. The van der Waals surface area contributed by atoms with E-state index in [0.717, 1.165) is 67.0 Å². The minimum atomic E-state index is 0.548. The molecule has 0 bridgehead atoms. The molecule has 0 spiro atoms. The van der Waals surface area contributed by atoms with Crippen LogP contribution in [0.15, 0.2) is 237 Å². The minimum Gasteiger partial charge on any atom is -0.309 e. The molecule has 0 saturated heterocycles. The largest absolute Gasteiger partial charge is 0.309 e. The van der Waals surface area contributed by atoms with E-state index in [9.17, 15) is 0 Å². The van der Waals surface area contributed by atoms with Crippen molar-refractivity contribution in [3.8, 4) is 84.5 Å². The van der Waals surface area contributed by atoms with Crippen LogP contribution in [-0.2, 0) is 0 Å². The molecule has 318 valence electrons. The maximum absolute atomic E-state index is 5.44. The summed E-state index contributed by atoms with van der Waals surface area (Å²) in [4.78, 5) is 21.1. The van der Waals surface area contributed by atoms with Gasteiger partial charge in [-0.3, -0.25) is 4.98 Å². The number of benzene rings is 9. The second-order valence-corrected chi connectivity index (χ2v) is 18.1. The summed E-state index contributed by atoms with van der Waals surface area (Å²) in [5.41, 5.74) is 14.4. The molecule has 13 aromatic rings. The fourth-order valence-corrected chi connectivity index (χ4v) is 10.7. The summed E-state index contributed by atoms with van der Waals surface area (Å²) < 4.78 is 4.88. The molecule has 4 aromatic heterocycles. The van der Waals surface area contributed by atoms with E-state index < -0.39 is 0 Å². The van der Waals surface area contributed by atoms with Gasteiger partial charge >= 0.3 is 0 Å². The molecular formula is C62H39N5S. The van der Waals surface area contributed by atoms with Gasteiger partial charge in [0.1, 0.15) is 0 Å². The highest BCUT2D eigenvalue weighted by Gasteiger charge is 2.22. The van der Waals surface area contributed by atoms with Gasteiger partial charge < -0.3 is 4.57 Å². The lowest BCUT2D eigenvalue weighted by atomic mass is 9.92. The van der Waals surface area contributed by atoms with Crippen LogP contribution in [0.5, 0.6) is 0 Å². The molecule has 0 saturated carbocycles. The van der Waals surface area contributed by atoms with Crippen molar-refractivity contribution in [2.24, 2.45) is 0 Å². The van der Waals surface area contributed by atoms with Gasteiger partial charge in [-0.05, 0) is 88.5 Å². The van der Waals surface area contributed by atoms with Gasteiger partial charge in [0.15, 0.2) is 17.5 Å². The van der Waals surface area contributed by atoms with Crippen molar-refractivity contribution in [3.63, 3.8) is 0 Å². The van der Waals surface area contributed by atoms with Crippen LogP contribution in [0.3, 0.4) is 0 Å². The van der Waals surface area contributed by atoms with Crippen LogP contribution in [0.2, 0.25) is 0 Å². The predicted octanol–water partition coefficient (Wildman–Crippen LogP) is 16.4. The van der Waals surface area contributed by atoms with Gasteiger partial charge in [-0.2, -0.15) is 0 Å². The number of rotatable bonds is 8. The quantitative estimate of drug-likeness (QED) is 0.153. The first kappa shape index (κ1) is 39.5. The van der Waals surface area contributed by atoms with Gasteiger partial charge in [0.05, 0.1) is 16.7 Å². The van der Waals surface area contributed by atoms with Crippen molar-refractivity contribution in [2.75, 3.05) is 0 Å². The van der Waals surface area contributed by atoms with E-state index in [2.05, 4.69) is 199 Å². The summed E-state index contributed by atoms with van der Waals surface area (Å²) in [7, 11) is 0. The number of thiophene rings is 1. The molecular weight excluding hydrogens is 847 g/mol. The molecule has 0 unspecified atom stereocenters. The zero-order valence-corrected chi connectivity index (χ0v) is 37.5. The number of fused-ring (bicyclic) bond motifs is 7. The fraction of sp³-hybridized carbons (Fsp3) is 0. The van der Waals surface area contributed by atoms with Crippen LogP contribution in [0.4, 0.5) is 0 Å². The van der Waals surface area contributed by atoms with Crippen LogP contribution in [0.1, 0.15) is 0 Å². The van der Waals surface area contributed by atoms with E-state index >= 15 is 0 Å². The summed E-state index contributed by atoms with van der Waals surface area (Å²) in [6.45, 7) is 0. The average molecular weight is 886 g/mol. The topological polar surface area (TPSA) is 56.5 Å². The second kappa shape index (κ2) is 16.5. The Labute approximate surface area is 397 Å². The van der Waals surface area contributed by atoms with E-state index in [1.807, 2.05) is 53.9 Å². The molecule has 13 rings (SSSR count). The number of pyridine rings is 1. The van der Waals surface area contributed by atoms with Crippen LogP contribution in [0, 0.1) is 0 Å². The van der Waals surface area contributed by atoms with E-state index in [1.165, 1.54) is 42.0 Å². The Morgan fingerprint density at radius 1 is 0.338 bits per heavy atom. The molecule has 0 fully saturated rings. The first-order valence-electron chi connectivity index (χ1n) is 22.8. The smallest absolute Gasteiger partial charge is 0.166 e. The van der Waals surface area contributed by atoms with Gasteiger partial charge in [0.25, 0.3) is 0 Å². The molecule has 0 aliphatic heterocycles. The van der Waals surface area contributed by atoms with Crippen molar-refractivity contribution >= 4 is 53.3 Å². The Hall–Kier alpha value is -8.84. The van der Waals surface area contributed by atoms with Gasteiger partial charge in [-0.25, -0.2) is 15.0 Å². The Bertz CT molecular complexity index is 3880. The summed E-state index contributed by atoms with van der Waals surface area (Å²) in [5, 5.41) is 4.86. The summed E-state index contributed by atoms with van der Waals surface area (Å²) >= 11 is 1.83. The number of hydrogen-bond donors (Lipinski definition) is 0. The number of para-hydroxylation sites is 2. The van der Waals surface area contributed by atoms with Gasteiger partial charge in [-0.15, -0.1) is 11.3 Å². The van der Waals surface area contributed by atoms with E-state index in [-0.39, 0.29) is 0 Å². The molecule has 68 heavy (non-hydrogen) atoms. The molecule has 6 heteroatoms. The lowest BCUT2D eigenvalue weighted by molar-refractivity contribution is 1.07. The van der Waals surface area contributed by atoms with E-state index in [0.29, 0.717) is 17.5 Å². The van der Waals surface area contributed by atoms with E-state index in [1.54, 1.807) is 0 Å². The third-order valence-corrected chi connectivity index (χ3v) is 14.0. The van der Waals surface area contributed by atoms with Crippen molar-refractivity contribution in [2.45, 2.75) is 0 Å². The standard InChI is InChI=1S/C62H39N5S/c1-6-18-40(19-7-1)45-34-46(41-20-8-2-9-21-41)36-47(35-45)48-38-53(62-65-60(42-22-10-3-11-23-42)64-61(66-62)43-24-12-4-13-25-43)58(63-39-48)44-30-32-55-52(37-44)57-56(68-55)33-31-51-50-28-16-17-29-54(50)67(59(51)57)49-26-14-5-15-27-49/h1-39H. The lowest BCUT2D eigenvalue weighted by Gasteiger charge is -2.15. The van der Waals surface area contributed by atoms with Crippen molar-refractivity contribution < 1.29 is 0 Å². The summed E-state index contributed by atoms with van der Waals surface area (Å²) in [6.07, 6.45) is 2.01. The van der Waals surface area contributed by atoms with Gasteiger partial charge in [0, 0.05) is 70.6 Å². The maximum Gasteiger partial charge on any atom is 0.166 e. The Morgan fingerprint density at radius 3 is 1.47 bits per heavy atom. The first-order chi connectivity index (χ1) is 33.7. The monoisotopic (exact) mass is 885 g/mol. The Kier molecular flexibility index (Phi) is 9.62. The third kappa shape index (κ3) is 6.94. The molecule has 0 N–H and O–H groups in total. The number of hydrogen-bond acceptors (Lipinski definition) is 5. The molecule has 0 radical (unpaired) electrons. The highest BCUT2D eigenvalue weighted by Crippen LogP contribution is 2.45. The summed E-state index contributed by atoms with van der Waals surface area (Å²) in [6, 6.07) is 81.3. The third-order valence-electron chi connectivity index (χ3n) is 12.9. The minimum absolute atomic E-state index is 0.548. The second-order valence-electron chi connectivity index (χ2n) is 17.0. The molecule has 0 amide bonds. The normalized spacial score (nSPS) is 11.5. The maximum atomic E-state index is 5.44. The van der Waals surface area contributed by atoms with Crippen LogP contribution < -0.4 is 0 Å². The first-order valence-corrected chi connectivity index (χ1v) is 23.6. The molecule has 0 atom stereocenters.